The number of aromatic nitrogens is 3. The maximum Gasteiger partial charge on any atom is 0.239 e. The molecular formula is C3H4N4O2S. The lowest BCUT2D eigenvalue weighted by Crippen LogP contribution is -1.99. The molecule has 1 heterocycles. The molecule has 0 fully saturated rings. The molecule has 0 spiro atoms. The van der Waals surface area contributed by atoms with E-state index in [-0.39, 0.29) is 5.95 Å². The van der Waals surface area contributed by atoms with E-state index >= 15 is 0 Å². The van der Waals surface area contributed by atoms with Gasteiger partial charge in [0.2, 0.25) is 16.8 Å². The molecule has 0 aliphatic rings. The van der Waals surface area contributed by atoms with Crippen molar-refractivity contribution in [2.24, 2.45) is 0 Å². The third-order valence-electron chi connectivity index (χ3n) is 0.685. The van der Waals surface area contributed by atoms with E-state index in [4.69, 9.17) is 0 Å². The first-order valence-corrected chi connectivity index (χ1v) is 3.50. The van der Waals surface area contributed by atoms with E-state index in [0.717, 1.165) is 0 Å². The predicted molar refractivity (Wildman–Crippen MR) is 33.8 cm³/mol. The molecule has 0 saturated carbocycles. The number of thiol groups is 1. The molecule has 0 atom stereocenters. The molecule has 6 nitrogen and oxygen atoms in total. The van der Waals surface area contributed by atoms with Gasteiger partial charge in [0.05, 0.1) is 0 Å². The van der Waals surface area contributed by atoms with Crippen LogP contribution in [0.15, 0.2) is 12.7 Å². The summed E-state index contributed by atoms with van der Waals surface area (Å²) in [5.41, 5.74) is 0. The van der Waals surface area contributed by atoms with Gasteiger partial charge < -0.3 is 0 Å². The molecule has 1 rings (SSSR count). The van der Waals surface area contributed by atoms with Gasteiger partial charge in [-0.2, -0.15) is 0 Å². The fraction of sp³-hybridized carbons (Fsp3) is 0. The van der Waals surface area contributed by atoms with Crippen molar-refractivity contribution in [1.82, 2.24) is 15.0 Å². The van der Waals surface area contributed by atoms with Crippen molar-refractivity contribution in [3.63, 3.8) is 0 Å². The second kappa shape index (κ2) is 3.06. The third kappa shape index (κ3) is 1.94. The van der Waals surface area contributed by atoms with Gasteiger partial charge in [-0.1, -0.05) is 0 Å². The topological polar surface area (TPSA) is 84.8 Å². The lowest BCUT2D eigenvalue weighted by Gasteiger charge is -1.90. The quantitative estimate of drug-likeness (QED) is 0.531. The lowest BCUT2D eigenvalue weighted by molar-refractivity contribution is 0.618. The Morgan fingerprint density at radius 1 is 1.30 bits per heavy atom. The smallest absolute Gasteiger partial charge is 0.239 e. The molecule has 0 unspecified atom stereocenters. The Morgan fingerprint density at radius 2 is 1.90 bits per heavy atom. The molecule has 0 bridgehead atoms. The normalized spacial score (nSPS) is 9.70. The molecule has 1 aromatic rings. The fourth-order valence-corrected chi connectivity index (χ4v) is 0.657. The average Bonchev–Trinajstić information content (AvgIpc) is 1.88. The van der Waals surface area contributed by atoms with Crippen molar-refractivity contribution in [2.45, 2.75) is 0 Å². The molecule has 7 heteroatoms. The molecule has 0 saturated heterocycles. The number of nitrogens with zero attached hydrogens (tertiary/aromatic N) is 3. The Balaban J connectivity index is 2.77. The highest BCUT2D eigenvalue weighted by Crippen LogP contribution is 1.88. The molecular weight excluding hydrogens is 156 g/mol. The molecule has 54 valence electrons. The summed E-state index contributed by atoms with van der Waals surface area (Å²) >= 11 is 0. The van der Waals surface area contributed by atoms with Gasteiger partial charge in [-0.3, -0.25) is 4.72 Å². The number of hydrogen-bond donors (Lipinski definition) is 2. The van der Waals surface area contributed by atoms with Crippen LogP contribution in [0.4, 0.5) is 5.95 Å². The molecule has 0 aliphatic heterocycles. The standard InChI is InChI=1S/C3H4N4O2S/c8-10(9)7-3-5-1-4-2-6-3/h1-2,10H,(H,4,5,6,7,8,9). The van der Waals surface area contributed by atoms with Crippen LogP contribution in [0.3, 0.4) is 0 Å². The number of anilines is 1. The van der Waals surface area contributed by atoms with E-state index in [9.17, 15) is 8.42 Å². The number of rotatable bonds is 2. The molecule has 0 aliphatic carbocycles. The molecule has 1 aromatic heterocycles. The summed E-state index contributed by atoms with van der Waals surface area (Å²) in [6, 6.07) is 0. The van der Waals surface area contributed by atoms with Crippen LogP contribution >= 0.6 is 0 Å². The molecule has 10 heavy (non-hydrogen) atoms. The minimum absolute atomic E-state index is 0.0334. The Labute approximate surface area is 58.4 Å². The van der Waals surface area contributed by atoms with Gasteiger partial charge in [-0.05, 0) is 0 Å². The van der Waals surface area contributed by atoms with E-state index in [0.29, 0.717) is 0 Å². The zero-order valence-electron chi connectivity index (χ0n) is 4.76. The summed E-state index contributed by atoms with van der Waals surface area (Å²) in [7, 11) is -2.68. The van der Waals surface area contributed by atoms with Gasteiger partial charge in [-0.15, -0.1) is 0 Å². The van der Waals surface area contributed by atoms with Crippen molar-refractivity contribution in [1.29, 1.82) is 0 Å². The second-order valence-corrected chi connectivity index (χ2v) is 2.07. The fourth-order valence-electron chi connectivity index (χ4n) is 0.379. The van der Waals surface area contributed by atoms with E-state index in [1.165, 1.54) is 12.7 Å². The highest BCUT2D eigenvalue weighted by molar-refractivity contribution is 7.73. The van der Waals surface area contributed by atoms with Crippen LogP contribution in [-0.4, -0.2) is 23.4 Å². The SMILES string of the molecule is O=[SH](=O)Nc1ncncn1. The highest BCUT2D eigenvalue weighted by atomic mass is 32.2. The van der Waals surface area contributed by atoms with Gasteiger partial charge >= 0.3 is 0 Å². The van der Waals surface area contributed by atoms with Crippen LogP contribution in [0.1, 0.15) is 0 Å². The zero-order valence-corrected chi connectivity index (χ0v) is 5.65. The van der Waals surface area contributed by atoms with Crippen molar-refractivity contribution in [2.75, 3.05) is 4.72 Å². The summed E-state index contributed by atoms with van der Waals surface area (Å²) in [5, 5.41) is 0. The van der Waals surface area contributed by atoms with Crippen molar-refractivity contribution in [3.8, 4) is 0 Å². The second-order valence-electron chi connectivity index (χ2n) is 1.33. The maximum absolute atomic E-state index is 9.99. The van der Waals surface area contributed by atoms with E-state index in [1.807, 2.05) is 4.72 Å². The Kier molecular flexibility index (Phi) is 2.11. The highest BCUT2D eigenvalue weighted by Gasteiger charge is 1.90. The first-order valence-electron chi connectivity index (χ1n) is 2.32. The van der Waals surface area contributed by atoms with Gasteiger partial charge in [-0.25, -0.2) is 23.4 Å². The Hall–Kier alpha value is -1.24. The van der Waals surface area contributed by atoms with Crippen molar-refractivity contribution < 1.29 is 8.42 Å². The summed E-state index contributed by atoms with van der Waals surface area (Å²) in [6.45, 7) is 0. The zero-order chi connectivity index (χ0) is 7.40. The monoisotopic (exact) mass is 160 g/mol. The largest absolute Gasteiger partial charge is 0.253 e. The third-order valence-corrected chi connectivity index (χ3v) is 1.07. The summed E-state index contributed by atoms with van der Waals surface area (Å²) in [5.74, 6) is 0.0334. The molecule has 0 radical (unpaired) electrons. The van der Waals surface area contributed by atoms with Crippen LogP contribution < -0.4 is 4.72 Å². The number of nitrogens with one attached hydrogen (secondary N) is 1. The summed E-state index contributed by atoms with van der Waals surface area (Å²) < 4.78 is 22.0. The van der Waals surface area contributed by atoms with Gasteiger partial charge in [0.25, 0.3) is 0 Å². The minimum Gasteiger partial charge on any atom is -0.253 e. The van der Waals surface area contributed by atoms with Crippen molar-refractivity contribution >= 4 is 16.8 Å². The van der Waals surface area contributed by atoms with Crippen molar-refractivity contribution in [3.05, 3.63) is 12.7 Å². The minimum atomic E-state index is -2.68. The van der Waals surface area contributed by atoms with Gasteiger partial charge in [0.1, 0.15) is 12.7 Å². The Bertz CT molecular complexity index is 263. The Morgan fingerprint density at radius 3 is 2.40 bits per heavy atom. The maximum atomic E-state index is 9.99. The summed E-state index contributed by atoms with van der Waals surface area (Å²) in [4.78, 5) is 10.5. The molecule has 0 aromatic carbocycles. The van der Waals surface area contributed by atoms with Crippen LogP contribution in [0.25, 0.3) is 0 Å². The van der Waals surface area contributed by atoms with Crippen LogP contribution in [0, 0.1) is 0 Å². The van der Waals surface area contributed by atoms with Crippen LogP contribution in [-0.2, 0) is 10.9 Å². The number of hydrogen-bond acceptors (Lipinski definition) is 5. The van der Waals surface area contributed by atoms with Crippen LogP contribution in [0.2, 0.25) is 0 Å². The van der Waals surface area contributed by atoms with E-state index in [2.05, 4.69) is 15.0 Å². The predicted octanol–water partition coefficient (Wildman–Crippen LogP) is -1.19. The molecule has 1 N–H and O–H groups in total. The van der Waals surface area contributed by atoms with Crippen LogP contribution in [0.5, 0.6) is 0 Å². The average molecular weight is 160 g/mol. The summed E-state index contributed by atoms with van der Waals surface area (Å²) in [6.07, 6.45) is 2.41. The first-order chi connectivity index (χ1) is 4.79. The first kappa shape index (κ1) is 6.87. The van der Waals surface area contributed by atoms with E-state index < -0.39 is 10.9 Å². The van der Waals surface area contributed by atoms with Gasteiger partial charge in [0, 0.05) is 0 Å². The van der Waals surface area contributed by atoms with E-state index in [1.54, 1.807) is 0 Å². The van der Waals surface area contributed by atoms with Gasteiger partial charge in [0.15, 0.2) is 0 Å². The lowest BCUT2D eigenvalue weighted by atomic mass is 11.0. The molecule has 0 amide bonds.